The van der Waals surface area contributed by atoms with Crippen LogP contribution in [0.5, 0.6) is 0 Å². The average Bonchev–Trinajstić information content (AvgIpc) is 2.43. The van der Waals surface area contributed by atoms with Crippen molar-refractivity contribution < 1.29 is 4.79 Å². The van der Waals surface area contributed by atoms with Crippen LogP contribution in [0.3, 0.4) is 0 Å². The Hall–Kier alpha value is -1.48. The van der Waals surface area contributed by atoms with Gasteiger partial charge in [-0.05, 0) is 43.9 Å². The number of piperidine rings is 1. The molecule has 4 heteroatoms. The number of hydrogen-bond acceptors (Lipinski definition) is 2. The molecule has 1 fully saturated rings. The first-order valence-corrected chi connectivity index (χ1v) is 6.97. The molecule has 3 nitrogen and oxygen atoms in total. The molecule has 0 aromatic heterocycles. The lowest BCUT2D eigenvalue weighted by Gasteiger charge is -2.29. The fourth-order valence-corrected chi connectivity index (χ4v) is 2.36. The second kappa shape index (κ2) is 6.11. The van der Waals surface area contributed by atoms with E-state index >= 15 is 0 Å². The summed E-state index contributed by atoms with van der Waals surface area (Å²) in [6, 6.07) is 5.50. The molecule has 0 aliphatic carbocycles. The minimum absolute atomic E-state index is 0.151. The normalized spacial score (nSPS) is 15.2. The minimum Gasteiger partial charge on any atom is -0.368 e. The first-order chi connectivity index (χ1) is 9.08. The highest BCUT2D eigenvalue weighted by Gasteiger charge is 2.17. The van der Waals surface area contributed by atoms with Gasteiger partial charge in [0.25, 0.3) is 5.91 Å². The molecule has 0 spiro atoms. The van der Waals surface area contributed by atoms with Crippen molar-refractivity contribution in [3.8, 4) is 0 Å². The Morgan fingerprint density at radius 1 is 1.32 bits per heavy atom. The number of carbonyl (C=O) groups excluding carboxylic acids is 1. The number of anilines is 1. The van der Waals surface area contributed by atoms with Crippen molar-refractivity contribution in [1.29, 1.82) is 0 Å². The number of rotatable bonds is 3. The van der Waals surface area contributed by atoms with E-state index in [9.17, 15) is 4.79 Å². The molecule has 0 radical (unpaired) electrons. The van der Waals surface area contributed by atoms with Crippen LogP contribution in [0.1, 0.15) is 24.8 Å². The van der Waals surface area contributed by atoms with Gasteiger partial charge in [0, 0.05) is 23.8 Å². The number of likely N-dealkylation sites (tertiary alicyclic amines) is 1. The van der Waals surface area contributed by atoms with E-state index in [1.165, 1.54) is 6.42 Å². The first kappa shape index (κ1) is 13.9. The van der Waals surface area contributed by atoms with Crippen molar-refractivity contribution in [1.82, 2.24) is 4.90 Å². The smallest absolute Gasteiger partial charge is 0.271 e. The van der Waals surface area contributed by atoms with E-state index in [-0.39, 0.29) is 5.91 Å². The van der Waals surface area contributed by atoms with E-state index in [2.05, 4.69) is 16.8 Å². The summed E-state index contributed by atoms with van der Waals surface area (Å²) in [5.74, 6) is -0.151. The molecule has 1 heterocycles. The molecule has 1 amide bonds. The third kappa shape index (κ3) is 3.51. The third-order valence-electron chi connectivity index (χ3n) is 3.43. The van der Waals surface area contributed by atoms with Gasteiger partial charge in [0.1, 0.15) is 0 Å². The largest absolute Gasteiger partial charge is 0.368 e. The van der Waals surface area contributed by atoms with E-state index in [4.69, 9.17) is 11.6 Å². The predicted molar refractivity (Wildman–Crippen MR) is 79.4 cm³/mol. The SMILES string of the molecule is C=C(C(=O)Nc1ccc(C)c(Cl)c1)N1CCCCC1. The molecule has 1 aliphatic rings. The zero-order valence-corrected chi connectivity index (χ0v) is 12.0. The van der Waals surface area contributed by atoms with Crippen LogP contribution in [0, 0.1) is 6.92 Å². The number of halogens is 1. The fraction of sp³-hybridized carbons (Fsp3) is 0.400. The molecule has 0 atom stereocenters. The fourth-order valence-electron chi connectivity index (χ4n) is 2.18. The standard InChI is InChI=1S/C15H19ClN2O/c1-11-6-7-13(10-14(11)16)17-15(19)12(2)18-8-4-3-5-9-18/h6-7,10H,2-5,8-9H2,1H3,(H,17,19). The summed E-state index contributed by atoms with van der Waals surface area (Å²) in [7, 11) is 0. The molecule has 1 aliphatic heterocycles. The third-order valence-corrected chi connectivity index (χ3v) is 3.84. The summed E-state index contributed by atoms with van der Waals surface area (Å²) < 4.78 is 0. The highest BCUT2D eigenvalue weighted by atomic mass is 35.5. The van der Waals surface area contributed by atoms with Crippen molar-refractivity contribution in [3.05, 3.63) is 41.1 Å². The average molecular weight is 279 g/mol. The number of carbonyl (C=O) groups is 1. The van der Waals surface area contributed by atoms with Crippen LogP contribution < -0.4 is 5.32 Å². The molecular formula is C15H19ClN2O. The molecular weight excluding hydrogens is 260 g/mol. The van der Waals surface area contributed by atoms with Crippen molar-refractivity contribution in [2.75, 3.05) is 18.4 Å². The van der Waals surface area contributed by atoms with E-state index < -0.39 is 0 Å². The molecule has 2 rings (SSSR count). The van der Waals surface area contributed by atoms with Gasteiger partial charge >= 0.3 is 0 Å². The van der Waals surface area contributed by atoms with Gasteiger partial charge < -0.3 is 10.2 Å². The van der Waals surface area contributed by atoms with Crippen LogP contribution >= 0.6 is 11.6 Å². The van der Waals surface area contributed by atoms with Crippen molar-refractivity contribution >= 4 is 23.2 Å². The number of nitrogens with one attached hydrogen (secondary N) is 1. The Kier molecular flexibility index (Phi) is 4.48. The van der Waals surface area contributed by atoms with Gasteiger partial charge in [-0.3, -0.25) is 4.79 Å². The van der Waals surface area contributed by atoms with Crippen LogP contribution in [0.2, 0.25) is 5.02 Å². The highest BCUT2D eigenvalue weighted by molar-refractivity contribution is 6.31. The molecule has 0 saturated carbocycles. The van der Waals surface area contributed by atoms with E-state index in [1.54, 1.807) is 6.07 Å². The van der Waals surface area contributed by atoms with Crippen LogP contribution in [0.4, 0.5) is 5.69 Å². The van der Waals surface area contributed by atoms with E-state index in [1.807, 2.05) is 19.1 Å². The number of hydrogen-bond donors (Lipinski definition) is 1. The number of nitrogens with zero attached hydrogens (tertiary/aromatic N) is 1. The van der Waals surface area contributed by atoms with E-state index in [0.717, 1.165) is 31.5 Å². The molecule has 102 valence electrons. The van der Waals surface area contributed by atoms with Crippen molar-refractivity contribution in [2.45, 2.75) is 26.2 Å². The van der Waals surface area contributed by atoms with Crippen LogP contribution in [-0.4, -0.2) is 23.9 Å². The van der Waals surface area contributed by atoms with Gasteiger partial charge in [0.15, 0.2) is 0 Å². The maximum atomic E-state index is 12.1. The van der Waals surface area contributed by atoms with Crippen LogP contribution in [0.25, 0.3) is 0 Å². The highest BCUT2D eigenvalue weighted by Crippen LogP contribution is 2.21. The second-order valence-electron chi connectivity index (χ2n) is 4.91. The number of aryl methyl sites for hydroxylation is 1. The van der Waals surface area contributed by atoms with Gasteiger partial charge in [-0.1, -0.05) is 24.2 Å². The molecule has 1 aromatic rings. The lowest BCUT2D eigenvalue weighted by Crippen LogP contribution is -2.34. The summed E-state index contributed by atoms with van der Waals surface area (Å²) in [5, 5.41) is 3.50. The van der Waals surface area contributed by atoms with Gasteiger partial charge in [-0.15, -0.1) is 0 Å². The zero-order chi connectivity index (χ0) is 13.8. The van der Waals surface area contributed by atoms with Gasteiger partial charge in [-0.2, -0.15) is 0 Å². The number of benzene rings is 1. The quantitative estimate of drug-likeness (QED) is 0.857. The Balaban J connectivity index is 1.99. The second-order valence-corrected chi connectivity index (χ2v) is 5.32. The minimum atomic E-state index is -0.151. The Morgan fingerprint density at radius 2 is 2.00 bits per heavy atom. The zero-order valence-electron chi connectivity index (χ0n) is 11.2. The maximum Gasteiger partial charge on any atom is 0.271 e. The lowest BCUT2D eigenvalue weighted by molar-refractivity contribution is -0.114. The molecule has 19 heavy (non-hydrogen) atoms. The molecule has 0 unspecified atom stereocenters. The van der Waals surface area contributed by atoms with Crippen molar-refractivity contribution in [2.24, 2.45) is 0 Å². The topological polar surface area (TPSA) is 32.3 Å². The van der Waals surface area contributed by atoms with E-state index in [0.29, 0.717) is 16.4 Å². The van der Waals surface area contributed by atoms with Gasteiger partial charge in [0.05, 0.1) is 5.70 Å². The Morgan fingerprint density at radius 3 is 2.63 bits per heavy atom. The lowest BCUT2D eigenvalue weighted by atomic mass is 10.1. The van der Waals surface area contributed by atoms with Crippen LogP contribution in [-0.2, 0) is 4.79 Å². The summed E-state index contributed by atoms with van der Waals surface area (Å²) >= 11 is 6.04. The Bertz CT molecular complexity index is 493. The summed E-state index contributed by atoms with van der Waals surface area (Å²) in [5.41, 5.74) is 2.24. The predicted octanol–water partition coefficient (Wildman–Crippen LogP) is 3.59. The summed E-state index contributed by atoms with van der Waals surface area (Å²) in [4.78, 5) is 14.2. The summed E-state index contributed by atoms with van der Waals surface area (Å²) in [6.45, 7) is 7.66. The molecule has 0 bridgehead atoms. The Labute approximate surface area is 119 Å². The summed E-state index contributed by atoms with van der Waals surface area (Å²) in [6.07, 6.45) is 3.49. The molecule has 1 N–H and O–H groups in total. The molecule has 1 saturated heterocycles. The first-order valence-electron chi connectivity index (χ1n) is 6.59. The number of amides is 1. The maximum absolute atomic E-state index is 12.1. The van der Waals surface area contributed by atoms with Gasteiger partial charge in [-0.25, -0.2) is 0 Å². The molecule has 1 aromatic carbocycles. The van der Waals surface area contributed by atoms with Gasteiger partial charge in [0.2, 0.25) is 0 Å². The monoisotopic (exact) mass is 278 g/mol. The van der Waals surface area contributed by atoms with Crippen LogP contribution in [0.15, 0.2) is 30.5 Å². The van der Waals surface area contributed by atoms with Crippen molar-refractivity contribution in [3.63, 3.8) is 0 Å².